The van der Waals surface area contributed by atoms with E-state index in [1.54, 1.807) is 6.07 Å². The van der Waals surface area contributed by atoms with Gasteiger partial charge in [0.25, 0.3) is 0 Å². The first-order valence-electron chi connectivity index (χ1n) is 15.5. The van der Waals surface area contributed by atoms with Crippen molar-refractivity contribution in [3.8, 4) is 0 Å². The molecule has 0 radical (unpaired) electrons. The number of hydrogen-bond donors (Lipinski definition) is 2. The quantitative estimate of drug-likeness (QED) is 0.505. The number of amides is 1. The van der Waals surface area contributed by atoms with Crippen molar-refractivity contribution < 1.29 is 13.8 Å². The van der Waals surface area contributed by atoms with Gasteiger partial charge in [-0.1, -0.05) is 32.3 Å². The van der Waals surface area contributed by atoms with Gasteiger partial charge < -0.3 is 10.2 Å². The standard InChI is InChI=1S/C31H44N6O3S/c1-22-18-23-8-7-16-32-26-9-6-10-28(33-26)41(39)35-40-21-25-11-12-27(34-29(25)37(22)20-23)36-17-13-24(30(36)38)19-31(2)14-4-3-5-15-31/h6,9-12,22-24,35H,3-5,7-8,13-21H2,1-2H3,(H,32,33). The number of hydrogen-bond acceptors (Lipinski definition) is 7. The summed E-state index contributed by atoms with van der Waals surface area (Å²) in [6.45, 7) is 7.30. The second-order valence-corrected chi connectivity index (χ2v) is 14.0. The number of aromatic nitrogens is 2. The van der Waals surface area contributed by atoms with Crippen molar-refractivity contribution in [2.45, 2.75) is 95.7 Å². The molecule has 0 spiro atoms. The summed E-state index contributed by atoms with van der Waals surface area (Å²) in [5.41, 5.74) is 1.20. The van der Waals surface area contributed by atoms with Gasteiger partial charge in [-0.2, -0.15) is 0 Å². The zero-order valence-corrected chi connectivity index (χ0v) is 25.3. The molecule has 41 heavy (non-hydrogen) atoms. The van der Waals surface area contributed by atoms with Gasteiger partial charge in [0.15, 0.2) is 11.0 Å². The molecular formula is C31H44N6O3S. The minimum absolute atomic E-state index is 0.0833. The minimum atomic E-state index is -1.61. The number of pyridine rings is 2. The van der Waals surface area contributed by atoms with Gasteiger partial charge in [0, 0.05) is 37.2 Å². The lowest BCUT2D eigenvalue weighted by atomic mass is 9.70. The fraction of sp³-hybridized carbons (Fsp3) is 0.645. The maximum absolute atomic E-state index is 13.7. The molecule has 4 aliphatic rings. The monoisotopic (exact) mass is 580 g/mol. The van der Waals surface area contributed by atoms with E-state index in [4.69, 9.17) is 9.82 Å². The highest BCUT2D eigenvalue weighted by molar-refractivity contribution is 7.82. The van der Waals surface area contributed by atoms with E-state index in [9.17, 15) is 9.00 Å². The number of anilines is 3. The largest absolute Gasteiger partial charge is 0.370 e. The Balaban J connectivity index is 1.23. The molecule has 1 saturated carbocycles. The molecule has 4 bridgehead atoms. The Morgan fingerprint density at radius 2 is 1.95 bits per heavy atom. The molecule has 3 fully saturated rings. The summed E-state index contributed by atoms with van der Waals surface area (Å²) in [4.78, 5) is 36.0. The Labute approximate surface area is 246 Å². The normalized spacial score (nSPS) is 28.8. The van der Waals surface area contributed by atoms with Crippen molar-refractivity contribution in [2.75, 3.05) is 34.8 Å². The number of fused-ring (bicyclic) bond motifs is 6. The first kappa shape index (κ1) is 28.6. The summed E-state index contributed by atoms with van der Waals surface area (Å²) in [7, 11) is -1.61. The van der Waals surface area contributed by atoms with Crippen LogP contribution in [0.4, 0.5) is 17.5 Å². The van der Waals surface area contributed by atoms with Crippen molar-refractivity contribution in [3.63, 3.8) is 0 Å². The van der Waals surface area contributed by atoms with E-state index < -0.39 is 11.0 Å². The first-order valence-corrected chi connectivity index (χ1v) is 16.6. The molecule has 1 amide bonds. The van der Waals surface area contributed by atoms with E-state index in [0.29, 0.717) is 17.0 Å². The van der Waals surface area contributed by atoms with E-state index in [1.165, 1.54) is 32.1 Å². The third-order valence-electron chi connectivity index (χ3n) is 9.64. The summed E-state index contributed by atoms with van der Waals surface area (Å²) in [5.74, 6) is 3.20. The zero-order chi connectivity index (χ0) is 28.4. The van der Waals surface area contributed by atoms with Gasteiger partial charge in [0.05, 0.1) is 6.61 Å². The Hall–Kier alpha value is -2.56. The lowest BCUT2D eigenvalue weighted by Crippen LogP contribution is -2.33. The van der Waals surface area contributed by atoms with Crippen molar-refractivity contribution >= 4 is 34.3 Å². The average Bonchev–Trinajstić information content (AvgIpc) is 3.52. The topological polar surface area (TPSA) is 99.7 Å². The Bertz CT molecular complexity index is 1270. The number of carbonyl (C=O) groups is 1. The van der Waals surface area contributed by atoms with E-state index in [1.807, 2.05) is 29.2 Å². The van der Waals surface area contributed by atoms with Gasteiger partial charge in [-0.3, -0.25) is 14.5 Å². The second kappa shape index (κ2) is 12.4. The average molecular weight is 581 g/mol. The van der Waals surface area contributed by atoms with Crippen LogP contribution in [-0.4, -0.2) is 45.8 Å². The highest BCUT2D eigenvalue weighted by Gasteiger charge is 2.39. The molecule has 0 aromatic carbocycles. The molecule has 4 unspecified atom stereocenters. The van der Waals surface area contributed by atoms with Gasteiger partial charge in [-0.15, -0.1) is 4.89 Å². The van der Waals surface area contributed by atoms with Crippen LogP contribution in [0.1, 0.15) is 83.6 Å². The molecule has 9 nitrogen and oxygen atoms in total. The van der Waals surface area contributed by atoms with Crippen LogP contribution in [0.2, 0.25) is 0 Å². The van der Waals surface area contributed by atoms with Crippen LogP contribution in [0.3, 0.4) is 0 Å². The zero-order valence-electron chi connectivity index (χ0n) is 24.4. The second-order valence-electron chi connectivity index (χ2n) is 12.9. The fourth-order valence-electron chi connectivity index (χ4n) is 7.41. The smallest absolute Gasteiger partial charge is 0.231 e. The molecule has 3 aliphatic heterocycles. The van der Waals surface area contributed by atoms with E-state index in [0.717, 1.165) is 74.8 Å². The van der Waals surface area contributed by atoms with E-state index in [2.05, 4.69) is 33.9 Å². The van der Waals surface area contributed by atoms with Gasteiger partial charge in [0.2, 0.25) is 5.91 Å². The molecule has 2 aromatic heterocycles. The number of nitrogens with zero attached hydrogens (tertiary/aromatic N) is 4. The number of carbonyl (C=O) groups excluding carboxylic acids is 1. The van der Waals surface area contributed by atoms with Crippen LogP contribution in [0.25, 0.3) is 0 Å². The van der Waals surface area contributed by atoms with Crippen molar-refractivity contribution in [1.29, 1.82) is 0 Å². The molecule has 2 saturated heterocycles. The third kappa shape index (κ3) is 6.44. The van der Waals surface area contributed by atoms with Crippen LogP contribution < -0.4 is 20.0 Å². The van der Waals surface area contributed by atoms with Crippen LogP contribution in [0, 0.1) is 17.3 Å². The van der Waals surface area contributed by atoms with Gasteiger partial charge in [-0.25, -0.2) is 14.2 Å². The lowest BCUT2D eigenvalue weighted by molar-refractivity contribution is -0.121. The summed E-state index contributed by atoms with van der Waals surface area (Å²) < 4.78 is 12.8. The summed E-state index contributed by atoms with van der Waals surface area (Å²) in [5, 5.41) is 3.78. The molecule has 222 valence electrons. The molecule has 4 atom stereocenters. The SMILES string of the molecule is CC1CC2CCCNc3cccc(n3)S(=O)NOCc3ccc(N4CCC(CC5(C)CCCCC5)C4=O)nc3N1C2. The highest BCUT2D eigenvalue weighted by Crippen LogP contribution is 2.44. The minimum Gasteiger partial charge on any atom is -0.370 e. The summed E-state index contributed by atoms with van der Waals surface area (Å²) in [6.07, 6.45) is 11.5. The van der Waals surface area contributed by atoms with Crippen molar-refractivity contribution in [1.82, 2.24) is 14.9 Å². The Kier molecular flexibility index (Phi) is 8.60. The van der Waals surface area contributed by atoms with Gasteiger partial charge >= 0.3 is 0 Å². The maximum atomic E-state index is 13.7. The highest BCUT2D eigenvalue weighted by atomic mass is 32.2. The first-order chi connectivity index (χ1) is 19.9. The lowest BCUT2D eigenvalue weighted by Gasteiger charge is -2.35. The molecule has 5 heterocycles. The summed E-state index contributed by atoms with van der Waals surface area (Å²) >= 11 is 0. The van der Waals surface area contributed by atoms with Gasteiger partial charge in [0.1, 0.15) is 22.5 Å². The molecular weight excluding hydrogens is 536 g/mol. The molecule has 1 aliphatic carbocycles. The van der Waals surface area contributed by atoms with Gasteiger partial charge in [-0.05, 0) is 87.5 Å². The van der Waals surface area contributed by atoms with Crippen molar-refractivity contribution in [2.24, 2.45) is 17.3 Å². The maximum Gasteiger partial charge on any atom is 0.231 e. The number of rotatable bonds is 3. The molecule has 2 N–H and O–H groups in total. The summed E-state index contributed by atoms with van der Waals surface area (Å²) in [6, 6.07) is 9.78. The third-order valence-corrected chi connectivity index (χ3v) is 10.5. The van der Waals surface area contributed by atoms with E-state index in [-0.39, 0.29) is 23.8 Å². The molecule has 10 heteroatoms. The Morgan fingerprint density at radius 1 is 1.10 bits per heavy atom. The van der Waals surface area contributed by atoms with Crippen molar-refractivity contribution in [3.05, 3.63) is 35.9 Å². The van der Waals surface area contributed by atoms with Crippen LogP contribution >= 0.6 is 0 Å². The fourth-order valence-corrected chi connectivity index (χ4v) is 8.05. The molecule has 6 rings (SSSR count). The number of nitrogens with one attached hydrogen (secondary N) is 2. The van der Waals surface area contributed by atoms with E-state index >= 15 is 0 Å². The van der Waals surface area contributed by atoms with Crippen LogP contribution in [-0.2, 0) is 27.2 Å². The Morgan fingerprint density at radius 3 is 2.80 bits per heavy atom. The predicted molar refractivity (Wildman–Crippen MR) is 162 cm³/mol. The predicted octanol–water partition coefficient (Wildman–Crippen LogP) is 5.35. The molecule has 2 aromatic rings. The van der Waals surface area contributed by atoms with Crippen LogP contribution in [0.5, 0.6) is 0 Å². The van der Waals surface area contributed by atoms with Crippen LogP contribution in [0.15, 0.2) is 35.4 Å².